The molecule has 1 aromatic heterocycles. The number of halogens is 2. The van der Waals surface area contributed by atoms with Crippen LogP contribution in [0.5, 0.6) is 0 Å². The van der Waals surface area contributed by atoms with E-state index in [4.69, 9.17) is 16.7 Å². The van der Waals surface area contributed by atoms with E-state index >= 15 is 0 Å². The predicted octanol–water partition coefficient (Wildman–Crippen LogP) is 3.35. The minimum Gasteiger partial charge on any atom is -0.477 e. The Kier molecular flexibility index (Phi) is 4.22. The summed E-state index contributed by atoms with van der Waals surface area (Å²) in [5.74, 6) is -2.28. The van der Waals surface area contributed by atoms with Gasteiger partial charge in [-0.05, 0) is 36.1 Å². The number of thiophene rings is 1. The van der Waals surface area contributed by atoms with Crippen LogP contribution < -0.4 is 4.72 Å². The molecule has 0 saturated carbocycles. The lowest BCUT2D eigenvalue weighted by Crippen LogP contribution is -2.16. The number of carboxylic acid groups (broad SMARTS) is 1. The molecular formula is C12H9ClFNO4S2. The van der Waals surface area contributed by atoms with E-state index in [1.807, 2.05) is 0 Å². The number of hydrogen-bond donors (Lipinski definition) is 2. The van der Waals surface area contributed by atoms with E-state index < -0.39 is 26.7 Å². The lowest BCUT2D eigenvalue weighted by Gasteiger charge is -2.10. The molecule has 112 valence electrons. The molecule has 0 saturated heterocycles. The molecule has 0 atom stereocenters. The van der Waals surface area contributed by atoms with Gasteiger partial charge in [0.15, 0.2) is 0 Å². The minimum atomic E-state index is -4.25. The molecule has 0 unspecified atom stereocenters. The highest BCUT2D eigenvalue weighted by Gasteiger charge is 2.24. The van der Waals surface area contributed by atoms with Crippen LogP contribution in [0.4, 0.5) is 10.1 Å². The predicted molar refractivity (Wildman–Crippen MR) is 78.2 cm³/mol. The molecule has 0 aliphatic rings. The van der Waals surface area contributed by atoms with Crippen molar-refractivity contribution in [3.63, 3.8) is 0 Å². The number of benzene rings is 1. The summed E-state index contributed by atoms with van der Waals surface area (Å²) in [7, 11) is -4.25. The molecule has 0 amide bonds. The quantitative estimate of drug-likeness (QED) is 0.886. The minimum absolute atomic E-state index is 0.0596. The highest BCUT2D eigenvalue weighted by molar-refractivity contribution is 7.92. The first kappa shape index (κ1) is 15.7. The fourth-order valence-electron chi connectivity index (χ4n) is 1.61. The SMILES string of the molecule is Cc1csc(C(=O)O)c1NS(=O)(=O)c1ccc(Cl)cc1F. The number of rotatable bonds is 4. The molecule has 0 bridgehead atoms. The number of hydrogen-bond acceptors (Lipinski definition) is 4. The Bertz CT molecular complexity index is 817. The summed E-state index contributed by atoms with van der Waals surface area (Å²) in [5, 5.41) is 10.6. The summed E-state index contributed by atoms with van der Waals surface area (Å²) in [6.45, 7) is 1.55. The Morgan fingerprint density at radius 1 is 1.43 bits per heavy atom. The standard InChI is InChI=1S/C12H9ClFNO4S2/c1-6-5-20-11(12(16)17)10(6)15-21(18,19)9-3-2-7(13)4-8(9)14/h2-5,15H,1H3,(H,16,17). The van der Waals surface area contributed by atoms with Crippen molar-refractivity contribution in [1.82, 2.24) is 0 Å². The van der Waals surface area contributed by atoms with Gasteiger partial charge in [-0.2, -0.15) is 0 Å². The zero-order chi connectivity index (χ0) is 15.8. The van der Waals surface area contributed by atoms with Gasteiger partial charge in [-0.25, -0.2) is 17.6 Å². The van der Waals surface area contributed by atoms with Crippen LogP contribution in [0.3, 0.4) is 0 Å². The maximum atomic E-state index is 13.7. The van der Waals surface area contributed by atoms with Crippen LogP contribution in [0.1, 0.15) is 15.2 Å². The fourth-order valence-corrected chi connectivity index (χ4v) is 3.88. The van der Waals surface area contributed by atoms with E-state index in [2.05, 4.69) is 4.72 Å². The van der Waals surface area contributed by atoms with Crippen molar-refractivity contribution in [3.05, 3.63) is 44.9 Å². The Balaban J connectivity index is 2.47. The van der Waals surface area contributed by atoms with E-state index in [9.17, 15) is 17.6 Å². The number of carboxylic acids is 1. The Morgan fingerprint density at radius 3 is 2.67 bits per heavy atom. The van der Waals surface area contributed by atoms with Crippen molar-refractivity contribution in [2.45, 2.75) is 11.8 Å². The average Bonchev–Trinajstić information content (AvgIpc) is 2.70. The van der Waals surface area contributed by atoms with Crippen molar-refractivity contribution in [1.29, 1.82) is 0 Å². The van der Waals surface area contributed by atoms with Crippen LogP contribution in [-0.2, 0) is 10.0 Å². The van der Waals surface area contributed by atoms with Gasteiger partial charge in [0.2, 0.25) is 0 Å². The number of sulfonamides is 1. The smallest absolute Gasteiger partial charge is 0.348 e. The molecule has 9 heteroatoms. The van der Waals surface area contributed by atoms with Crippen LogP contribution in [0, 0.1) is 12.7 Å². The first-order valence-electron chi connectivity index (χ1n) is 5.51. The number of carbonyl (C=O) groups is 1. The van der Waals surface area contributed by atoms with Crippen molar-refractivity contribution in [2.24, 2.45) is 0 Å². The molecule has 2 aromatic rings. The molecule has 0 spiro atoms. The Labute approximate surface area is 129 Å². The second-order valence-corrected chi connectivity index (χ2v) is 7.08. The van der Waals surface area contributed by atoms with Gasteiger partial charge in [-0.1, -0.05) is 11.6 Å². The van der Waals surface area contributed by atoms with Crippen LogP contribution in [0.2, 0.25) is 5.02 Å². The highest BCUT2D eigenvalue weighted by Crippen LogP contribution is 2.30. The van der Waals surface area contributed by atoms with Gasteiger partial charge in [-0.3, -0.25) is 4.72 Å². The third-order valence-electron chi connectivity index (χ3n) is 2.59. The normalized spacial score (nSPS) is 11.4. The van der Waals surface area contributed by atoms with Gasteiger partial charge in [-0.15, -0.1) is 11.3 Å². The van der Waals surface area contributed by atoms with Crippen molar-refractivity contribution >= 4 is 44.6 Å². The Hall–Kier alpha value is -1.64. The lowest BCUT2D eigenvalue weighted by molar-refractivity contribution is 0.0703. The van der Waals surface area contributed by atoms with Crippen LogP contribution in [-0.4, -0.2) is 19.5 Å². The Morgan fingerprint density at radius 2 is 2.10 bits per heavy atom. The van der Waals surface area contributed by atoms with Gasteiger partial charge in [0.25, 0.3) is 10.0 Å². The molecule has 5 nitrogen and oxygen atoms in total. The maximum absolute atomic E-state index is 13.7. The second kappa shape index (κ2) is 5.63. The van der Waals surface area contributed by atoms with E-state index in [1.165, 1.54) is 11.4 Å². The van der Waals surface area contributed by atoms with Crippen LogP contribution >= 0.6 is 22.9 Å². The monoisotopic (exact) mass is 349 g/mol. The zero-order valence-corrected chi connectivity index (χ0v) is 12.9. The summed E-state index contributed by atoms with van der Waals surface area (Å²) in [6, 6.07) is 3.12. The van der Waals surface area contributed by atoms with Gasteiger partial charge in [0.1, 0.15) is 15.6 Å². The number of aryl methyl sites for hydroxylation is 1. The van der Waals surface area contributed by atoms with Gasteiger partial charge in [0, 0.05) is 5.02 Å². The van der Waals surface area contributed by atoms with Crippen molar-refractivity contribution < 1.29 is 22.7 Å². The maximum Gasteiger partial charge on any atom is 0.348 e. The third-order valence-corrected chi connectivity index (χ3v) is 5.29. The topological polar surface area (TPSA) is 83.5 Å². The van der Waals surface area contributed by atoms with Crippen LogP contribution in [0.25, 0.3) is 0 Å². The molecule has 1 aromatic carbocycles. The second-order valence-electron chi connectivity index (χ2n) is 4.11. The number of nitrogens with one attached hydrogen (secondary N) is 1. The molecular weight excluding hydrogens is 341 g/mol. The van der Waals surface area contributed by atoms with Gasteiger partial charge in [0.05, 0.1) is 5.69 Å². The summed E-state index contributed by atoms with van der Waals surface area (Å²) >= 11 is 6.46. The first-order chi connectivity index (χ1) is 9.72. The van der Waals surface area contributed by atoms with E-state index in [1.54, 1.807) is 6.92 Å². The van der Waals surface area contributed by atoms with Gasteiger partial charge >= 0.3 is 5.97 Å². The first-order valence-corrected chi connectivity index (χ1v) is 8.25. The summed E-state index contributed by atoms with van der Waals surface area (Å²) in [4.78, 5) is 10.3. The van der Waals surface area contributed by atoms with E-state index in [0.717, 1.165) is 23.5 Å². The summed E-state index contributed by atoms with van der Waals surface area (Å²) < 4.78 is 40.2. The summed E-state index contributed by atoms with van der Waals surface area (Å²) in [6.07, 6.45) is 0. The molecule has 2 rings (SSSR count). The molecule has 0 radical (unpaired) electrons. The van der Waals surface area contributed by atoms with Crippen LogP contribution in [0.15, 0.2) is 28.5 Å². The lowest BCUT2D eigenvalue weighted by atomic mass is 10.3. The van der Waals surface area contributed by atoms with Crippen molar-refractivity contribution in [3.8, 4) is 0 Å². The molecule has 0 aliphatic heterocycles. The van der Waals surface area contributed by atoms with E-state index in [0.29, 0.717) is 5.56 Å². The summed E-state index contributed by atoms with van der Waals surface area (Å²) in [5.41, 5.74) is 0.372. The molecule has 21 heavy (non-hydrogen) atoms. The fraction of sp³-hybridized carbons (Fsp3) is 0.0833. The van der Waals surface area contributed by atoms with Gasteiger partial charge < -0.3 is 5.11 Å². The third kappa shape index (κ3) is 3.17. The van der Waals surface area contributed by atoms with Crippen molar-refractivity contribution in [2.75, 3.05) is 4.72 Å². The molecule has 0 aliphatic carbocycles. The number of anilines is 1. The molecule has 2 N–H and O–H groups in total. The number of aromatic carboxylic acids is 1. The zero-order valence-electron chi connectivity index (χ0n) is 10.6. The average molecular weight is 350 g/mol. The van der Waals surface area contributed by atoms with E-state index in [-0.39, 0.29) is 15.6 Å². The molecule has 0 fully saturated rings. The largest absolute Gasteiger partial charge is 0.477 e. The highest BCUT2D eigenvalue weighted by atomic mass is 35.5. The molecule has 1 heterocycles.